The van der Waals surface area contributed by atoms with Gasteiger partial charge in [-0.15, -0.1) is 0 Å². The number of piperazine rings is 1. The number of nitrogens with one attached hydrogen (secondary N) is 1. The summed E-state index contributed by atoms with van der Waals surface area (Å²) in [5.74, 6) is -1.33. The van der Waals surface area contributed by atoms with Gasteiger partial charge in [0.25, 0.3) is 0 Å². The largest absolute Gasteiger partial charge is 0.497 e. The number of hydrogen-bond donors (Lipinski definition) is 1. The number of nitrogens with zero attached hydrogens (tertiary/aromatic N) is 2. The van der Waals surface area contributed by atoms with E-state index in [2.05, 4.69) is 10.2 Å². The molecule has 2 aromatic rings. The highest BCUT2D eigenvalue weighted by Gasteiger charge is 2.19. The number of rotatable bonds is 5. The van der Waals surface area contributed by atoms with E-state index in [1.807, 2.05) is 29.2 Å². The Balaban J connectivity index is 1.48. The molecule has 7 heteroatoms. The van der Waals surface area contributed by atoms with Crippen LogP contribution in [-0.4, -0.2) is 50.6 Å². The Morgan fingerprint density at radius 2 is 1.73 bits per heavy atom. The zero-order valence-corrected chi connectivity index (χ0v) is 14.5. The minimum Gasteiger partial charge on any atom is -0.497 e. The summed E-state index contributed by atoms with van der Waals surface area (Å²) in [4.78, 5) is 16.4. The first kappa shape index (κ1) is 18.1. The van der Waals surface area contributed by atoms with Gasteiger partial charge in [0, 0.05) is 43.6 Å². The van der Waals surface area contributed by atoms with E-state index >= 15 is 0 Å². The van der Waals surface area contributed by atoms with Crippen molar-refractivity contribution in [2.45, 2.75) is 0 Å². The third-order valence-electron chi connectivity index (χ3n) is 4.38. The second-order valence-electron chi connectivity index (χ2n) is 6.14. The Hall–Kier alpha value is -2.67. The first-order chi connectivity index (χ1) is 12.5. The Morgan fingerprint density at radius 1 is 1.04 bits per heavy atom. The van der Waals surface area contributed by atoms with Gasteiger partial charge in [-0.3, -0.25) is 9.69 Å². The monoisotopic (exact) mass is 361 g/mol. The smallest absolute Gasteiger partial charge is 0.238 e. The highest BCUT2D eigenvalue weighted by Crippen LogP contribution is 2.20. The highest BCUT2D eigenvalue weighted by molar-refractivity contribution is 5.92. The fourth-order valence-corrected chi connectivity index (χ4v) is 2.93. The highest BCUT2D eigenvalue weighted by atomic mass is 19.2. The number of amides is 1. The van der Waals surface area contributed by atoms with Crippen molar-refractivity contribution < 1.29 is 18.3 Å². The minimum atomic E-state index is -0.976. The third kappa shape index (κ3) is 4.49. The van der Waals surface area contributed by atoms with Crippen LogP contribution in [0.1, 0.15) is 0 Å². The van der Waals surface area contributed by atoms with Crippen LogP contribution in [0.3, 0.4) is 0 Å². The summed E-state index contributed by atoms with van der Waals surface area (Å²) in [5, 5.41) is 2.60. The number of benzene rings is 2. The topological polar surface area (TPSA) is 44.8 Å². The number of ether oxygens (including phenoxy) is 1. The molecule has 1 saturated heterocycles. The third-order valence-corrected chi connectivity index (χ3v) is 4.38. The van der Waals surface area contributed by atoms with Crippen molar-refractivity contribution in [3.8, 4) is 5.75 Å². The van der Waals surface area contributed by atoms with Crippen LogP contribution in [0.4, 0.5) is 20.2 Å². The summed E-state index contributed by atoms with van der Waals surface area (Å²) in [6.45, 7) is 3.33. The van der Waals surface area contributed by atoms with Gasteiger partial charge in [0.1, 0.15) is 5.75 Å². The lowest BCUT2D eigenvalue weighted by Crippen LogP contribution is -2.48. The second kappa shape index (κ2) is 8.14. The van der Waals surface area contributed by atoms with Crippen molar-refractivity contribution in [3.63, 3.8) is 0 Å². The molecule has 1 heterocycles. The molecule has 0 radical (unpaired) electrons. The maximum atomic E-state index is 13.2. The summed E-state index contributed by atoms with van der Waals surface area (Å²) < 4.78 is 31.3. The van der Waals surface area contributed by atoms with E-state index in [1.54, 1.807) is 7.11 Å². The molecule has 1 aliphatic heterocycles. The molecule has 1 amide bonds. The molecular formula is C19H21F2N3O2. The number of carbonyl (C=O) groups excluding carboxylic acids is 1. The van der Waals surface area contributed by atoms with Gasteiger partial charge in [-0.05, 0) is 36.4 Å². The molecule has 0 unspecified atom stereocenters. The number of anilines is 2. The lowest BCUT2D eigenvalue weighted by atomic mass is 10.2. The molecule has 0 aromatic heterocycles. The molecule has 3 rings (SSSR count). The number of hydrogen-bond acceptors (Lipinski definition) is 4. The van der Waals surface area contributed by atoms with Crippen molar-refractivity contribution in [3.05, 3.63) is 54.1 Å². The van der Waals surface area contributed by atoms with Gasteiger partial charge >= 0.3 is 0 Å². The molecule has 0 bridgehead atoms. The zero-order valence-electron chi connectivity index (χ0n) is 14.5. The molecule has 26 heavy (non-hydrogen) atoms. The number of methoxy groups -OCH3 is 1. The lowest BCUT2D eigenvalue weighted by molar-refractivity contribution is -0.117. The van der Waals surface area contributed by atoms with Gasteiger partial charge in [0.15, 0.2) is 11.6 Å². The van der Waals surface area contributed by atoms with Crippen LogP contribution in [0.2, 0.25) is 0 Å². The van der Waals surface area contributed by atoms with E-state index in [9.17, 15) is 13.6 Å². The normalized spacial score (nSPS) is 15.0. The van der Waals surface area contributed by atoms with Crippen LogP contribution in [0.15, 0.2) is 42.5 Å². The van der Waals surface area contributed by atoms with Crippen LogP contribution in [-0.2, 0) is 4.79 Å². The van der Waals surface area contributed by atoms with Crippen LogP contribution < -0.4 is 15.0 Å². The van der Waals surface area contributed by atoms with Crippen LogP contribution >= 0.6 is 0 Å². The Bertz CT molecular complexity index is 760. The summed E-state index contributed by atoms with van der Waals surface area (Å²) >= 11 is 0. The second-order valence-corrected chi connectivity index (χ2v) is 6.14. The van der Waals surface area contributed by atoms with Crippen molar-refractivity contribution in [2.24, 2.45) is 0 Å². The van der Waals surface area contributed by atoms with Crippen molar-refractivity contribution in [1.82, 2.24) is 4.90 Å². The minimum absolute atomic E-state index is 0.218. The van der Waals surface area contributed by atoms with E-state index in [0.29, 0.717) is 0 Å². The maximum absolute atomic E-state index is 13.2. The van der Waals surface area contributed by atoms with Gasteiger partial charge in [-0.2, -0.15) is 0 Å². The summed E-state index contributed by atoms with van der Waals surface area (Å²) in [7, 11) is 1.64. The first-order valence-corrected chi connectivity index (χ1v) is 8.41. The SMILES string of the molecule is COc1ccc(N2CCN(CC(=O)Nc3ccc(F)c(F)c3)CC2)cc1. The maximum Gasteiger partial charge on any atom is 0.238 e. The molecule has 0 spiro atoms. The number of halogens is 2. The van der Waals surface area contributed by atoms with Crippen LogP contribution in [0.5, 0.6) is 5.75 Å². The van der Waals surface area contributed by atoms with Crippen molar-refractivity contribution in [2.75, 3.05) is 50.1 Å². The summed E-state index contributed by atoms with van der Waals surface area (Å²) in [6.07, 6.45) is 0. The van der Waals surface area contributed by atoms with Gasteiger partial charge in [0.05, 0.1) is 13.7 Å². The molecular weight excluding hydrogens is 340 g/mol. The lowest BCUT2D eigenvalue weighted by Gasteiger charge is -2.35. The fraction of sp³-hybridized carbons (Fsp3) is 0.316. The molecule has 0 saturated carbocycles. The molecule has 1 aliphatic rings. The zero-order chi connectivity index (χ0) is 18.5. The molecule has 1 fully saturated rings. The van der Waals surface area contributed by atoms with Crippen molar-refractivity contribution >= 4 is 17.3 Å². The van der Waals surface area contributed by atoms with E-state index < -0.39 is 11.6 Å². The van der Waals surface area contributed by atoms with Crippen LogP contribution in [0, 0.1) is 11.6 Å². The average Bonchev–Trinajstić information content (AvgIpc) is 2.65. The van der Waals surface area contributed by atoms with Gasteiger partial charge in [-0.25, -0.2) is 8.78 Å². The van der Waals surface area contributed by atoms with E-state index in [4.69, 9.17) is 4.74 Å². The summed E-state index contributed by atoms with van der Waals surface area (Å²) in [6, 6.07) is 11.2. The van der Waals surface area contributed by atoms with Gasteiger partial charge < -0.3 is 15.0 Å². The molecule has 0 aliphatic carbocycles. The fourth-order valence-electron chi connectivity index (χ4n) is 2.93. The number of carbonyl (C=O) groups is 1. The molecule has 0 atom stereocenters. The molecule has 2 aromatic carbocycles. The summed E-state index contributed by atoms with van der Waals surface area (Å²) in [5.41, 5.74) is 1.38. The molecule has 1 N–H and O–H groups in total. The molecule has 138 valence electrons. The standard InChI is InChI=1S/C19H21F2N3O2/c1-26-16-5-3-15(4-6-16)24-10-8-23(9-11-24)13-19(25)22-14-2-7-17(20)18(21)12-14/h2-7,12H,8-11,13H2,1H3,(H,22,25). The van der Waals surface area contributed by atoms with Gasteiger partial charge in [0.2, 0.25) is 5.91 Å². The van der Waals surface area contributed by atoms with E-state index in [1.165, 1.54) is 6.07 Å². The van der Waals surface area contributed by atoms with Crippen LogP contribution in [0.25, 0.3) is 0 Å². The Labute approximate surface area is 151 Å². The van der Waals surface area contributed by atoms with Crippen molar-refractivity contribution in [1.29, 1.82) is 0 Å². The first-order valence-electron chi connectivity index (χ1n) is 8.41. The van der Waals surface area contributed by atoms with Gasteiger partial charge in [-0.1, -0.05) is 0 Å². The van der Waals surface area contributed by atoms with E-state index in [0.717, 1.165) is 49.7 Å². The average molecular weight is 361 g/mol. The predicted octanol–water partition coefficient (Wildman–Crippen LogP) is 2.73. The Kier molecular flexibility index (Phi) is 5.68. The quantitative estimate of drug-likeness (QED) is 0.890. The predicted molar refractivity (Wildman–Crippen MR) is 96.6 cm³/mol. The molecule has 5 nitrogen and oxygen atoms in total. The van der Waals surface area contributed by atoms with E-state index in [-0.39, 0.29) is 18.1 Å². The Morgan fingerprint density at radius 3 is 2.35 bits per heavy atom.